The van der Waals surface area contributed by atoms with E-state index >= 15 is 0 Å². The maximum atomic E-state index is 2.45. The van der Waals surface area contributed by atoms with Gasteiger partial charge in [-0.15, -0.1) is 0 Å². The topological polar surface area (TPSA) is 0 Å². The van der Waals surface area contributed by atoms with Crippen LogP contribution in [0, 0.1) is 0 Å². The minimum absolute atomic E-state index is 0.822. The van der Waals surface area contributed by atoms with Gasteiger partial charge in [0.15, 0.2) is 0 Å². The first-order valence-corrected chi connectivity index (χ1v) is 6.41. The fourth-order valence-corrected chi connectivity index (χ4v) is 2.53. The third kappa shape index (κ3) is 4.15. The Labute approximate surface area is 92.8 Å². The van der Waals surface area contributed by atoms with Gasteiger partial charge in [-0.05, 0) is 0 Å². The molecule has 0 heterocycles. The van der Waals surface area contributed by atoms with E-state index in [9.17, 15) is 0 Å². The zero-order chi connectivity index (χ0) is 11.3. The summed E-state index contributed by atoms with van der Waals surface area (Å²) in [5.74, 6) is 1.66. The Balaban J connectivity index is 4.34. The maximum absolute atomic E-state index is 2.45. The van der Waals surface area contributed by atoms with E-state index in [4.69, 9.17) is 0 Å². The fraction of sp³-hybridized carbons (Fsp3) is 1.00. The Morgan fingerprint density at radius 1 is 0.929 bits per heavy atom. The molecule has 0 aromatic heterocycles. The molecule has 0 unspecified atom stereocenters. The molecule has 0 spiro atoms. The molecule has 0 aliphatic carbocycles. The molecular formula is C11H27B3. The van der Waals surface area contributed by atoms with Gasteiger partial charge in [0.25, 0.3) is 0 Å². The lowest BCUT2D eigenvalue weighted by molar-refractivity contribution is 0.989. The summed E-state index contributed by atoms with van der Waals surface area (Å²) in [7, 11) is 0. The third-order valence-electron chi connectivity index (χ3n) is 4.03. The predicted molar refractivity (Wildman–Crippen MR) is 74.3 cm³/mol. The van der Waals surface area contributed by atoms with Gasteiger partial charge in [-0.25, -0.2) is 0 Å². The van der Waals surface area contributed by atoms with Crippen LogP contribution >= 0.6 is 0 Å². The van der Waals surface area contributed by atoms with Gasteiger partial charge in [-0.1, -0.05) is 72.6 Å². The van der Waals surface area contributed by atoms with Crippen molar-refractivity contribution in [2.24, 2.45) is 0 Å². The standard InChI is InChI=1S/C11H27B3/c1-8-9-14(11(4)5)13(7)12(6)10(2)3/h10-11H,8-9H2,1-7H3. The lowest BCUT2D eigenvalue weighted by Crippen LogP contribution is -2.47. The highest BCUT2D eigenvalue weighted by Gasteiger charge is 2.32. The van der Waals surface area contributed by atoms with Crippen molar-refractivity contribution in [2.45, 2.75) is 72.6 Å². The summed E-state index contributed by atoms with van der Waals surface area (Å²) in [6, 6.07) is 0. The van der Waals surface area contributed by atoms with Crippen LogP contribution in [0.2, 0.25) is 31.6 Å². The lowest BCUT2D eigenvalue weighted by Gasteiger charge is -2.27. The molecule has 0 bridgehead atoms. The molecule has 0 saturated carbocycles. The van der Waals surface area contributed by atoms with Crippen LogP contribution in [0.5, 0.6) is 0 Å². The second kappa shape index (κ2) is 6.64. The zero-order valence-corrected chi connectivity index (χ0v) is 11.3. The Bertz CT molecular complexity index is 145. The average molecular weight is 192 g/mol. The molecule has 0 aliphatic rings. The molecule has 0 N–H and O–H groups in total. The van der Waals surface area contributed by atoms with Crippen LogP contribution in [0.25, 0.3) is 0 Å². The van der Waals surface area contributed by atoms with Crippen molar-refractivity contribution in [3.63, 3.8) is 0 Å². The SMILES string of the molecule is CCCB(B(C)B(C)C(C)C)C(C)C. The van der Waals surface area contributed by atoms with Gasteiger partial charge < -0.3 is 0 Å². The Morgan fingerprint density at radius 2 is 1.43 bits per heavy atom. The van der Waals surface area contributed by atoms with Crippen LogP contribution in [-0.2, 0) is 0 Å². The third-order valence-corrected chi connectivity index (χ3v) is 4.03. The first kappa shape index (κ1) is 14.2. The van der Waals surface area contributed by atoms with Gasteiger partial charge in [0, 0.05) is 0 Å². The Morgan fingerprint density at radius 3 is 1.71 bits per heavy atom. The van der Waals surface area contributed by atoms with Crippen molar-refractivity contribution in [1.82, 2.24) is 0 Å². The van der Waals surface area contributed by atoms with Gasteiger partial charge in [0.1, 0.15) is 13.2 Å². The van der Waals surface area contributed by atoms with E-state index in [1.165, 1.54) is 12.7 Å². The van der Waals surface area contributed by atoms with Gasteiger partial charge in [-0.2, -0.15) is 0 Å². The molecule has 0 rings (SSSR count). The summed E-state index contributed by atoms with van der Waals surface area (Å²) >= 11 is 0. The molecule has 14 heavy (non-hydrogen) atoms. The van der Waals surface area contributed by atoms with Gasteiger partial charge >= 0.3 is 0 Å². The molecule has 0 atom stereocenters. The average Bonchev–Trinajstić information content (AvgIpc) is 2.11. The molecule has 0 aromatic carbocycles. The van der Waals surface area contributed by atoms with Crippen LogP contribution < -0.4 is 0 Å². The highest BCUT2D eigenvalue weighted by molar-refractivity contribution is 7.50. The first-order chi connectivity index (χ1) is 6.41. The molecule has 3 heteroatoms. The highest BCUT2D eigenvalue weighted by atomic mass is 13.8. The molecule has 0 radical (unpaired) electrons. The van der Waals surface area contributed by atoms with Crippen molar-refractivity contribution in [2.75, 3.05) is 0 Å². The first-order valence-electron chi connectivity index (χ1n) is 6.41. The van der Waals surface area contributed by atoms with Crippen molar-refractivity contribution in [3.8, 4) is 0 Å². The minimum Gasteiger partial charge on any atom is -0.0984 e. The zero-order valence-electron chi connectivity index (χ0n) is 11.3. The Hall–Kier alpha value is 0.195. The van der Waals surface area contributed by atoms with Crippen LogP contribution in [0.3, 0.4) is 0 Å². The van der Waals surface area contributed by atoms with Crippen LogP contribution in [-0.4, -0.2) is 19.7 Å². The van der Waals surface area contributed by atoms with Gasteiger partial charge in [-0.3, -0.25) is 0 Å². The lowest BCUT2D eigenvalue weighted by atomic mass is 8.86. The summed E-state index contributed by atoms with van der Waals surface area (Å²) in [5, 5.41) is 0. The summed E-state index contributed by atoms with van der Waals surface area (Å²) < 4.78 is 0. The van der Waals surface area contributed by atoms with Crippen molar-refractivity contribution >= 4 is 19.7 Å². The summed E-state index contributed by atoms with van der Waals surface area (Å²) in [5.41, 5.74) is 0. The van der Waals surface area contributed by atoms with E-state index in [0.717, 1.165) is 31.3 Å². The molecule has 0 nitrogen and oxygen atoms in total. The van der Waals surface area contributed by atoms with Crippen LogP contribution in [0.1, 0.15) is 41.0 Å². The fourth-order valence-electron chi connectivity index (χ4n) is 2.53. The minimum atomic E-state index is 0.822. The largest absolute Gasteiger partial charge is 0.104 e. The van der Waals surface area contributed by atoms with E-state index < -0.39 is 0 Å². The number of hydrogen-bond acceptors (Lipinski definition) is 0. The van der Waals surface area contributed by atoms with Gasteiger partial charge in [0.05, 0.1) is 6.49 Å². The molecule has 0 aliphatic heterocycles. The molecule has 0 aromatic rings. The number of hydrogen-bond donors (Lipinski definition) is 0. The van der Waals surface area contributed by atoms with E-state index in [1.807, 2.05) is 0 Å². The monoisotopic (exact) mass is 192 g/mol. The van der Waals surface area contributed by atoms with Crippen molar-refractivity contribution in [3.05, 3.63) is 0 Å². The number of rotatable bonds is 6. The van der Waals surface area contributed by atoms with E-state index in [1.54, 1.807) is 0 Å². The second-order valence-electron chi connectivity index (χ2n) is 5.66. The van der Waals surface area contributed by atoms with Crippen molar-refractivity contribution in [1.29, 1.82) is 0 Å². The molecule has 80 valence electrons. The molecular weight excluding hydrogens is 165 g/mol. The van der Waals surface area contributed by atoms with Crippen molar-refractivity contribution < 1.29 is 0 Å². The second-order valence-corrected chi connectivity index (χ2v) is 5.66. The molecule has 0 saturated heterocycles. The highest BCUT2D eigenvalue weighted by Crippen LogP contribution is 2.21. The van der Waals surface area contributed by atoms with Crippen LogP contribution in [0.4, 0.5) is 0 Å². The molecule has 0 amide bonds. The summed E-state index contributed by atoms with van der Waals surface area (Å²) in [6.07, 6.45) is 2.73. The van der Waals surface area contributed by atoms with E-state index in [2.05, 4.69) is 48.3 Å². The predicted octanol–water partition coefficient (Wildman–Crippen LogP) is 4.12. The molecule has 0 fully saturated rings. The smallest absolute Gasteiger partial charge is 0.0984 e. The van der Waals surface area contributed by atoms with Crippen LogP contribution in [0.15, 0.2) is 0 Å². The normalized spacial score (nSPS) is 10.9. The maximum Gasteiger partial charge on any atom is 0.104 e. The van der Waals surface area contributed by atoms with Gasteiger partial charge in [0.2, 0.25) is 0 Å². The van der Waals surface area contributed by atoms with E-state index in [-0.39, 0.29) is 0 Å². The Kier molecular flexibility index (Phi) is 6.73. The van der Waals surface area contributed by atoms with E-state index in [0.29, 0.717) is 0 Å². The quantitative estimate of drug-likeness (QED) is 0.555. The summed E-state index contributed by atoms with van der Waals surface area (Å²) in [6.45, 7) is 19.3. The summed E-state index contributed by atoms with van der Waals surface area (Å²) in [4.78, 5) is 0.